The standard InChI is InChI=1S/C24H22FNO5/c1-2-29-22-10-6-4-8-20(22)26-23(27)16-31-24(28)19-7-3-5-9-21(19)30-15-17-11-13-18(25)14-12-17/h3-14H,2,15-16H2,1H3,(H,26,27). The number of nitrogens with one attached hydrogen (secondary N) is 1. The molecule has 0 aliphatic heterocycles. The molecular formula is C24H22FNO5. The number of hydrogen-bond acceptors (Lipinski definition) is 5. The lowest BCUT2D eigenvalue weighted by atomic mass is 10.2. The molecule has 0 saturated carbocycles. The van der Waals surface area contributed by atoms with Crippen LogP contribution in [-0.4, -0.2) is 25.1 Å². The summed E-state index contributed by atoms with van der Waals surface area (Å²) in [7, 11) is 0. The summed E-state index contributed by atoms with van der Waals surface area (Å²) >= 11 is 0. The second kappa shape index (κ2) is 10.8. The van der Waals surface area contributed by atoms with Gasteiger partial charge in [-0.25, -0.2) is 9.18 Å². The molecule has 3 aromatic carbocycles. The largest absolute Gasteiger partial charge is 0.492 e. The summed E-state index contributed by atoms with van der Waals surface area (Å²) in [5.41, 5.74) is 1.43. The van der Waals surface area contributed by atoms with Crippen LogP contribution >= 0.6 is 0 Å². The Bertz CT molecular complexity index is 1040. The van der Waals surface area contributed by atoms with Crippen LogP contribution in [0.25, 0.3) is 0 Å². The van der Waals surface area contributed by atoms with Crippen molar-refractivity contribution in [3.63, 3.8) is 0 Å². The fourth-order valence-corrected chi connectivity index (χ4v) is 2.75. The van der Waals surface area contributed by atoms with Crippen LogP contribution in [0.2, 0.25) is 0 Å². The Morgan fingerprint density at radius 2 is 1.55 bits per heavy atom. The lowest BCUT2D eigenvalue weighted by Gasteiger charge is -2.13. The van der Waals surface area contributed by atoms with Gasteiger partial charge in [-0.1, -0.05) is 36.4 Å². The average Bonchev–Trinajstić information content (AvgIpc) is 2.79. The maximum Gasteiger partial charge on any atom is 0.342 e. The van der Waals surface area contributed by atoms with Gasteiger partial charge in [0.1, 0.15) is 29.5 Å². The molecule has 6 nitrogen and oxygen atoms in total. The maximum absolute atomic E-state index is 13.0. The van der Waals surface area contributed by atoms with Crippen molar-refractivity contribution in [2.45, 2.75) is 13.5 Å². The molecule has 31 heavy (non-hydrogen) atoms. The normalized spacial score (nSPS) is 10.3. The molecule has 1 N–H and O–H groups in total. The van der Waals surface area contributed by atoms with Crippen LogP contribution < -0.4 is 14.8 Å². The number of esters is 1. The van der Waals surface area contributed by atoms with Gasteiger partial charge in [-0.3, -0.25) is 4.79 Å². The summed E-state index contributed by atoms with van der Waals surface area (Å²) in [6, 6.07) is 19.4. The summed E-state index contributed by atoms with van der Waals surface area (Å²) < 4.78 is 29.3. The molecule has 0 atom stereocenters. The number of benzene rings is 3. The third kappa shape index (κ3) is 6.30. The van der Waals surface area contributed by atoms with Gasteiger partial charge < -0.3 is 19.5 Å². The van der Waals surface area contributed by atoms with Gasteiger partial charge in [-0.2, -0.15) is 0 Å². The highest BCUT2D eigenvalue weighted by Gasteiger charge is 2.16. The van der Waals surface area contributed by atoms with E-state index in [1.807, 2.05) is 6.92 Å². The van der Waals surface area contributed by atoms with E-state index in [1.54, 1.807) is 60.7 Å². The van der Waals surface area contributed by atoms with E-state index in [2.05, 4.69) is 5.32 Å². The van der Waals surface area contributed by atoms with Gasteiger partial charge >= 0.3 is 5.97 Å². The van der Waals surface area contributed by atoms with Crippen LogP contribution in [-0.2, 0) is 16.1 Å². The molecule has 0 aliphatic carbocycles. The lowest BCUT2D eigenvalue weighted by molar-refractivity contribution is -0.119. The van der Waals surface area contributed by atoms with Gasteiger partial charge in [0.05, 0.1) is 12.3 Å². The Kier molecular flexibility index (Phi) is 7.59. The van der Waals surface area contributed by atoms with Crippen molar-refractivity contribution >= 4 is 17.6 Å². The molecule has 7 heteroatoms. The number of rotatable bonds is 9. The SMILES string of the molecule is CCOc1ccccc1NC(=O)COC(=O)c1ccccc1OCc1ccc(F)cc1. The Labute approximate surface area is 179 Å². The number of amides is 1. The van der Waals surface area contributed by atoms with E-state index in [4.69, 9.17) is 14.2 Å². The van der Waals surface area contributed by atoms with Gasteiger partial charge in [-0.15, -0.1) is 0 Å². The first-order valence-electron chi connectivity index (χ1n) is 9.72. The highest BCUT2D eigenvalue weighted by atomic mass is 19.1. The molecular weight excluding hydrogens is 401 g/mol. The van der Waals surface area contributed by atoms with Crippen molar-refractivity contribution < 1.29 is 28.2 Å². The quantitative estimate of drug-likeness (QED) is 0.509. The third-order valence-corrected chi connectivity index (χ3v) is 4.21. The molecule has 0 unspecified atom stereocenters. The van der Waals surface area contributed by atoms with Gasteiger partial charge in [0, 0.05) is 0 Å². The molecule has 0 spiro atoms. The number of carbonyl (C=O) groups is 2. The molecule has 0 heterocycles. The van der Waals surface area contributed by atoms with Crippen LogP contribution in [0.3, 0.4) is 0 Å². The molecule has 0 fully saturated rings. The van der Waals surface area contributed by atoms with Gasteiger partial charge in [0.2, 0.25) is 0 Å². The average molecular weight is 423 g/mol. The predicted molar refractivity (Wildman–Crippen MR) is 114 cm³/mol. The van der Waals surface area contributed by atoms with E-state index < -0.39 is 18.5 Å². The first kappa shape index (κ1) is 21.8. The fraction of sp³-hybridized carbons (Fsp3) is 0.167. The number of carbonyl (C=O) groups excluding carboxylic acids is 2. The fourth-order valence-electron chi connectivity index (χ4n) is 2.75. The highest BCUT2D eigenvalue weighted by Crippen LogP contribution is 2.24. The molecule has 0 saturated heterocycles. The Morgan fingerprint density at radius 1 is 0.871 bits per heavy atom. The summed E-state index contributed by atoms with van der Waals surface area (Å²) in [5, 5.41) is 2.66. The molecule has 3 aromatic rings. The minimum Gasteiger partial charge on any atom is -0.492 e. The topological polar surface area (TPSA) is 73.9 Å². The smallest absolute Gasteiger partial charge is 0.342 e. The molecule has 0 aliphatic rings. The summed E-state index contributed by atoms with van der Waals surface area (Å²) in [6.07, 6.45) is 0. The second-order valence-electron chi connectivity index (χ2n) is 6.46. The monoisotopic (exact) mass is 423 g/mol. The van der Waals surface area contributed by atoms with Crippen LogP contribution in [0, 0.1) is 5.82 Å². The van der Waals surface area contributed by atoms with Crippen molar-refractivity contribution in [1.82, 2.24) is 0 Å². The van der Waals surface area contributed by atoms with Crippen LogP contribution in [0.15, 0.2) is 72.8 Å². The van der Waals surface area contributed by atoms with Gasteiger partial charge in [-0.05, 0) is 48.9 Å². The minimum atomic E-state index is -0.692. The molecule has 160 valence electrons. The van der Waals surface area contributed by atoms with Crippen LogP contribution in [0.5, 0.6) is 11.5 Å². The van der Waals surface area contributed by atoms with Crippen molar-refractivity contribution in [2.24, 2.45) is 0 Å². The molecule has 0 radical (unpaired) electrons. The molecule has 1 amide bonds. The Hall–Kier alpha value is -3.87. The third-order valence-electron chi connectivity index (χ3n) is 4.21. The van der Waals surface area contributed by atoms with Crippen LogP contribution in [0.4, 0.5) is 10.1 Å². The van der Waals surface area contributed by atoms with Crippen molar-refractivity contribution in [3.05, 3.63) is 89.7 Å². The van der Waals surface area contributed by atoms with E-state index in [-0.39, 0.29) is 18.0 Å². The highest BCUT2D eigenvalue weighted by molar-refractivity contribution is 5.97. The number of ether oxygens (including phenoxy) is 3. The first-order chi connectivity index (χ1) is 15.1. The molecule has 3 rings (SSSR count). The first-order valence-corrected chi connectivity index (χ1v) is 9.72. The maximum atomic E-state index is 13.0. The van der Waals surface area contributed by atoms with Crippen molar-refractivity contribution in [2.75, 3.05) is 18.5 Å². The summed E-state index contributed by atoms with van der Waals surface area (Å²) in [5.74, 6) is -0.689. The van der Waals surface area contributed by atoms with Crippen molar-refractivity contribution in [3.8, 4) is 11.5 Å². The van der Waals surface area contributed by atoms with Gasteiger partial charge in [0.25, 0.3) is 5.91 Å². The minimum absolute atomic E-state index is 0.152. The number of para-hydroxylation sites is 3. The van der Waals surface area contributed by atoms with Crippen LogP contribution in [0.1, 0.15) is 22.8 Å². The predicted octanol–water partition coefficient (Wildman–Crippen LogP) is 4.60. The number of hydrogen-bond donors (Lipinski definition) is 1. The van der Waals surface area contributed by atoms with Crippen molar-refractivity contribution in [1.29, 1.82) is 0 Å². The summed E-state index contributed by atoms with van der Waals surface area (Å²) in [6.45, 7) is 1.98. The zero-order valence-electron chi connectivity index (χ0n) is 17.0. The van der Waals surface area contributed by atoms with Gasteiger partial charge in [0.15, 0.2) is 6.61 Å². The Morgan fingerprint density at radius 3 is 2.29 bits per heavy atom. The van der Waals surface area contributed by atoms with E-state index in [0.717, 1.165) is 5.56 Å². The van der Waals surface area contributed by atoms with E-state index in [1.165, 1.54) is 12.1 Å². The lowest BCUT2D eigenvalue weighted by Crippen LogP contribution is -2.21. The number of halogens is 1. The Balaban J connectivity index is 1.58. The number of anilines is 1. The zero-order chi connectivity index (χ0) is 22.1. The van der Waals surface area contributed by atoms with E-state index in [0.29, 0.717) is 23.8 Å². The van der Waals surface area contributed by atoms with E-state index >= 15 is 0 Å². The van der Waals surface area contributed by atoms with E-state index in [9.17, 15) is 14.0 Å². The zero-order valence-corrected chi connectivity index (χ0v) is 17.0. The summed E-state index contributed by atoms with van der Waals surface area (Å²) in [4.78, 5) is 24.7. The molecule has 0 aromatic heterocycles. The second-order valence-corrected chi connectivity index (χ2v) is 6.46. The molecule has 0 bridgehead atoms.